The average molecular weight is 474 g/mol. The molecule has 7 heteroatoms. The van der Waals surface area contributed by atoms with Gasteiger partial charge >= 0.3 is 0 Å². The summed E-state index contributed by atoms with van der Waals surface area (Å²) < 4.78 is 0. The van der Waals surface area contributed by atoms with E-state index < -0.39 is 0 Å². The summed E-state index contributed by atoms with van der Waals surface area (Å²) in [7, 11) is 0. The molecule has 3 aromatic rings. The van der Waals surface area contributed by atoms with Crippen molar-refractivity contribution in [3.8, 4) is 0 Å². The van der Waals surface area contributed by atoms with Gasteiger partial charge in [0.1, 0.15) is 0 Å². The maximum absolute atomic E-state index is 13.3. The number of hydrogen-bond donors (Lipinski definition) is 1. The number of fused-ring (bicyclic) bond motifs is 1. The van der Waals surface area contributed by atoms with Crippen LogP contribution in [-0.2, 0) is 22.6 Å². The normalized spacial score (nSPS) is 11.0. The molecule has 0 saturated heterocycles. The number of rotatable bonds is 10. The monoisotopic (exact) mass is 473 g/mol. The van der Waals surface area contributed by atoms with E-state index in [-0.39, 0.29) is 18.4 Å². The fraction of sp³-hybridized carbons (Fsp3) is 0.360. The molecule has 0 fully saturated rings. The Balaban J connectivity index is 1.78. The lowest BCUT2D eigenvalue weighted by molar-refractivity contribution is -0.139. The van der Waals surface area contributed by atoms with Crippen molar-refractivity contribution < 1.29 is 9.59 Å². The van der Waals surface area contributed by atoms with Gasteiger partial charge in [0, 0.05) is 43.7 Å². The molecule has 2 aromatic carbocycles. The Hall–Kier alpha value is -2.50. The van der Waals surface area contributed by atoms with Crippen molar-refractivity contribution >= 4 is 45.9 Å². The highest BCUT2D eigenvalue weighted by Crippen LogP contribution is 2.24. The van der Waals surface area contributed by atoms with Crippen LogP contribution in [0.4, 0.5) is 0 Å². The predicted octanol–water partition coefficient (Wildman–Crippen LogP) is 5.69. The Kier molecular flexibility index (Phi) is 8.60. The maximum atomic E-state index is 13.3. The Morgan fingerprint density at radius 3 is 2.50 bits per heavy atom. The quantitative estimate of drug-likeness (QED) is 0.410. The molecule has 1 aromatic heterocycles. The lowest BCUT2D eigenvalue weighted by atomic mass is 10.1. The van der Waals surface area contributed by atoms with Crippen LogP contribution in [-0.4, -0.2) is 46.2 Å². The zero-order valence-corrected chi connectivity index (χ0v) is 20.0. The van der Waals surface area contributed by atoms with Gasteiger partial charge in [0.25, 0.3) is 0 Å². The number of halogens is 2. The third-order valence-electron chi connectivity index (χ3n) is 5.59. The lowest BCUT2D eigenvalue weighted by Crippen LogP contribution is -2.43. The van der Waals surface area contributed by atoms with Crippen molar-refractivity contribution in [1.82, 2.24) is 14.8 Å². The van der Waals surface area contributed by atoms with Crippen molar-refractivity contribution in [2.75, 3.05) is 19.6 Å². The van der Waals surface area contributed by atoms with Crippen molar-refractivity contribution in [2.45, 2.75) is 39.7 Å². The highest BCUT2D eigenvalue weighted by molar-refractivity contribution is 6.42. The van der Waals surface area contributed by atoms with Gasteiger partial charge < -0.3 is 14.8 Å². The highest BCUT2D eigenvalue weighted by atomic mass is 35.5. The fourth-order valence-corrected chi connectivity index (χ4v) is 4.02. The summed E-state index contributed by atoms with van der Waals surface area (Å²) >= 11 is 12.2. The van der Waals surface area contributed by atoms with Crippen molar-refractivity contribution in [1.29, 1.82) is 0 Å². The summed E-state index contributed by atoms with van der Waals surface area (Å²) in [5.41, 5.74) is 3.13. The first-order chi connectivity index (χ1) is 15.4. The van der Waals surface area contributed by atoms with E-state index in [1.807, 2.05) is 30.5 Å². The zero-order valence-electron chi connectivity index (χ0n) is 18.5. The van der Waals surface area contributed by atoms with Crippen molar-refractivity contribution in [3.05, 3.63) is 69.8 Å². The van der Waals surface area contributed by atoms with Crippen LogP contribution in [0.1, 0.15) is 37.8 Å². The third kappa shape index (κ3) is 6.27. The van der Waals surface area contributed by atoms with E-state index in [1.165, 1.54) is 6.92 Å². The van der Waals surface area contributed by atoms with Gasteiger partial charge in [0.15, 0.2) is 0 Å². The number of nitrogens with zero attached hydrogens (tertiary/aromatic N) is 2. The van der Waals surface area contributed by atoms with Gasteiger partial charge in [-0.2, -0.15) is 0 Å². The number of aromatic amines is 1. The molecule has 5 nitrogen and oxygen atoms in total. The molecule has 32 heavy (non-hydrogen) atoms. The van der Waals surface area contributed by atoms with E-state index >= 15 is 0 Å². The highest BCUT2D eigenvalue weighted by Gasteiger charge is 2.20. The minimum absolute atomic E-state index is 0.0739. The van der Waals surface area contributed by atoms with Crippen molar-refractivity contribution in [3.63, 3.8) is 0 Å². The van der Waals surface area contributed by atoms with E-state index in [0.717, 1.165) is 34.9 Å². The first kappa shape index (κ1) is 24.1. The van der Waals surface area contributed by atoms with Gasteiger partial charge in [-0.15, -0.1) is 0 Å². The number of aromatic nitrogens is 1. The largest absolute Gasteiger partial charge is 0.361 e. The summed E-state index contributed by atoms with van der Waals surface area (Å²) in [6, 6.07) is 13.5. The molecule has 0 unspecified atom stereocenters. The Labute approximate surface area is 199 Å². The maximum Gasteiger partial charge on any atom is 0.242 e. The van der Waals surface area contributed by atoms with Crippen LogP contribution in [0.25, 0.3) is 10.9 Å². The molecule has 3 rings (SSSR count). The minimum Gasteiger partial charge on any atom is -0.361 e. The van der Waals surface area contributed by atoms with Gasteiger partial charge in [-0.25, -0.2) is 0 Å². The molecule has 0 radical (unpaired) electrons. The molecule has 0 aliphatic carbocycles. The van der Waals surface area contributed by atoms with Crippen LogP contribution in [0.5, 0.6) is 0 Å². The number of unbranched alkanes of at least 4 members (excludes halogenated alkanes) is 1. The standard InChI is InChI=1S/C25H29Cl2N3O2/c1-3-4-12-29(18(2)31)17-25(32)30(16-19-9-10-22(26)23(27)14-19)13-11-20-15-28-24-8-6-5-7-21(20)24/h5-10,14-15,28H,3-4,11-13,16-17H2,1-2H3. The first-order valence-corrected chi connectivity index (χ1v) is 11.7. The Morgan fingerprint density at radius 2 is 1.78 bits per heavy atom. The third-order valence-corrected chi connectivity index (χ3v) is 6.33. The number of carbonyl (C=O) groups is 2. The van der Waals surface area contributed by atoms with Gasteiger partial charge in [-0.05, 0) is 42.2 Å². The van der Waals surface area contributed by atoms with E-state index in [9.17, 15) is 9.59 Å². The van der Waals surface area contributed by atoms with Crippen LogP contribution >= 0.6 is 23.2 Å². The number of nitrogens with one attached hydrogen (secondary N) is 1. The van der Waals surface area contributed by atoms with E-state index in [2.05, 4.69) is 18.0 Å². The summed E-state index contributed by atoms with van der Waals surface area (Å²) in [6.07, 6.45) is 4.53. The molecule has 0 spiro atoms. The summed E-state index contributed by atoms with van der Waals surface area (Å²) in [6.45, 7) is 5.17. The van der Waals surface area contributed by atoms with Gasteiger partial charge in [0.2, 0.25) is 11.8 Å². The zero-order chi connectivity index (χ0) is 23.1. The van der Waals surface area contributed by atoms with Gasteiger partial charge in [-0.3, -0.25) is 9.59 Å². The SMILES string of the molecule is CCCCN(CC(=O)N(CCc1c[nH]c2ccccc12)Cc1ccc(Cl)c(Cl)c1)C(C)=O. The molecule has 0 bridgehead atoms. The van der Waals surface area contributed by atoms with E-state index in [4.69, 9.17) is 23.2 Å². The molecule has 0 saturated carbocycles. The number of benzene rings is 2. The van der Waals surface area contributed by atoms with Gasteiger partial charge in [-0.1, -0.05) is 60.8 Å². The van der Waals surface area contributed by atoms with Crippen LogP contribution in [0.2, 0.25) is 10.0 Å². The van der Waals surface area contributed by atoms with Crippen molar-refractivity contribution in [2.24, 2.45) is 0 Å². The van der Waals surface area contributed by atoms with E-state index in [0.29, 0.717) is 36.1 Å². The number of H-pyrrole nitrogens is 1. The minimum atomic E-state index is -0.0853. The molecule has 0 aliphatic heterocycles. The van der Waals surface area contributed by atoms with Crippen LogP contribution in [0.15, 0.2) is 48.7 Å². The molecular weight excluding hydrogens is 445 g/mol. The lowest BCUT2D eigenvalue weighted by Gasteiger charge is -2.27. The predicted molar refractivity (Wildman–Crippen MR) is 131 cm³/mol. The van der Waals surface area contributed by atoms with Crippen LogP contribution in [0.3, 0.4) is 0 Å². The summed E-state index contributed by atoms with van der Waals surface area (Å²) in [4.78, 5) is 32.0. The summed E-state index contributed by atoms with van der Waals surface area (Å²) in [5, 5.41) is 2.10. The molecule has 1 heterocycles. The number of carbonyl (C=O) groups excluding carboxylic acids is 2. The fourth-order valence-electron chi connectivity index (χ4n) is 3.70. The second-order valence-corrected chi connectivity index (χ2v) is 8.78. The number of para-hydroxylation sites is 1. The van der Waals surface area contributed by atoms with Gasteiger partial charge in [0.05, 0.1) is 16.6 Å². The molecule has 0 aliphatic rings. The molecule has 0 atom stereocenters. The van der Waals surface area contributed by atoms with Crippen LogP contribution < -0.4 is 0 Å². The first-order valence-electron chi connectivity index (χ1n) is 10.9. The van der Waals surface area contributed by atoms with Crippen LogP contribution in [0, 0.1) is 0 Å². The summed E-state index contributed by atoms with van der Waals surface area (Å²) in [5.74, 6) is -0.167. The molecule has 1 N–H and O–H groups in total. The second kappa shape index (κ2) is 11.4. The molecular formula is C25H29Cl2N3O2. The van der Waals surface area contributed by atoms with E-state index in [1.54, 1.807) is 21.9 Å². The number of amides is 2. The smallest absolute Gasteiger partial charge is 0.242 e. The second-order valence-electron chi connectivity index (χ2n) is 7.97. The Morgan fingerprint density at radius 1 is 1.00 bits per heavy atom. The Bertz CT molecular complexity index is 1080. The molecule has 2 amide bonds. The number of hydrogen-bond acceptors (Lipinski definition) is 2. The average Bonchev–Trinajstić information content (AvgIpc) is 3.19. The molecule has 170 valence electrons. The topological polar surface area (TPSA) is 56.4 Å².